The molecule has 24 heavy (non-hydrogen) atoms. The molecular formula is C18H16N2O2S2. The molecule has 0 fully saturated rings. The number of nitrogens with zero attached hydrogens (tertiary/aromatic N) is 1. The zero-order valence-electron chi connectivity index (χ0n) is 13.1. The highest BCUT2D eigenvalue weighted by atomic mass is 32.2. The minimum atomic E-state index is -0.325. The van der Waals surface area contributed by atoms with Crippen molar-refractivity contribution in [3.05, 3.63) is 65.7 Å². The lowest BCUT2D eigenvalue weighted by atomic mass is 10.1. The van der Waals surface area contributed by atoms with Gasteiger partial charge in [-0.3, -0.25) is 0 Å². The summed E-state index contributed by atoms with van der Waals surface area (Å²) >= 11 is 3.13. The van der Waals surface area contributed by atoms with E-state index < -0.39 is 0 Å². The van der Waals surface area contributed by atoms with Gasteiger partial charge < -0.3 is 10.5 Å². The van der Waals surface area contributed by atoms with E-state index in [1.54, 1.807) is 23.9 Å². The standard InChI is InChI=1S/C18H16N2O2S2/c1-22-17(21)14-9-7-12(8-10-14)11-23-18-20-15(16(19)24-18)13-5-3-2-4-6-13/h2-10H,11,19H2,1H3. The zero-order valence-corrected chi connectivity index (χ0v) is 14.7. The minimum absolute atomic E-state index is 0.325. The number of anilines is 1. The first-order chi connectivity index (χ1) is 11.7. The molecule has 0 aliphatic rings. The highest BCUT2D eigenvalue weighted by molar-refractivity contribution is 8.00. The molecule has 0 aliphatic carbocycles. The molecule has 0 saturated heterocycles. The summed E-state index contributed by atoms with van der Waals surface area (Å²) in [6, 6.07) is 17.3. The number of thioether (sulfide) groups is 1. The van der Waals surface area contributed by atoms with E-state index in [9.17, 15) is 4.79 Å². The van der Waals surface area contributed by atoms with Crippen LogP contribution in [0.3, 0.4) is 0 Å². The fourth-order valence-corrected chi connectivity index (χ4v) is 4.08. The summed E-state index contributed by atoms with van der Waals surface area (Å²) in [7, 11) is 1.38. The van der Waals surface area contributed by atoms with Gasteiger partial charge in [0.1, 0.15) is 10.7 Å². The van der Waals surface area contributed by atoms with Crippen LogP contribution < -0.4 is 5.73 Å². The van der Waals surface area contributed by atoms with Crippen LogP contribution in [-0.2, 0) is 10.5 Å². The Morgan fingerprint density at radius 1 is 1.17 bits per heavy atom. The Balaban J connectivity index is 1.68. The molecule has 0 aliphatic heterocycles. The molecule has 1 aromatic heterocycles. The van der Waals surface area contributed by atoms with Crippen LogP contribution in [0.25, 0.3) is 11.3 Å². The monoisotopic (exact) mass is 356 g/mol. The lowest BCUT2D eigenvalue weighted by Crippen LogP contribution is -2.00. The summed E-state index contributed by atoms with van der Waals surface area (Å²) in [5.41, 5.74) is 9.63. The maximum atomic E-state index is 11.4. The summed E-state index contributed by atoms with van der Waals surface area (Å²) in [4.78, 5) is 16.1. The topological polar surface area (TPSA) is 65.2 Å². The van der Waals surface area contributed by atoms with Gasteiger partial charge in [-0.1, -0.05) is 65.6 Å². The summed E-state index contributed by atoms with van der Waals surface area (Å²) in [5, 5.41) is 0.727. The smallest absolute Gasteiger partial charge is 0.337 e. The van der Waals surface area contributed by atoms with Gasteiger partial charge in [-0.25, -0.2) is 9.78 Å². The first-order valence-electron chi connectivity index (χ1n) is 7.29. The van der Waals surface area contributed by atoms with Gasteiger partial charge in [-0.05, 0) is 17.7 Å². The molecule has 6 heteroatoms. The number of hydrogen-bond donors (Lipinski definition) is 1. The van der Waals surface area contributed by atoms with Crippen LogP contribution in [0.1, 0.15) is 15.9 Å². The quantitative estimate of drug-likeness (QED) is 0.540. The molecule has 0 radical (unpaired) electrons. The van der Waals surface area contributed by atoms with Crippen LogP contribution in [0.5, 0.6) is 0 Å². The molecule has 0 spiro atoms. The fraction of sp³-hybridized carbons (Fsp3) is 0.111. The Hall–Kier alpha value is -2.31. The number of benzene rings is 2. The SMILES string of the molecule is COC(=O)c1ccc(CSc2nc(-c3ccccc3)c(N)s2)cc1. The van der Waals surface area contributed by atoms with Crippen LogP contribution >= 0.6 is 23.1 Å². The van der Waals surface area contributed by atoms with Gasteiger partial charge in [-0.15, -0.1) is 0 Å². The Bertz CT molecular complexity index is 830. The maximum absolute atomic E-state index is 11.4. The molecule has 0 atom stereocenters. The van der Waals surface area contributed by atoms with Crippen LogP contribution in [0.15, 0.2) is 58.9 Å². The molecule has 4 nitrogen and oxygen atoms in total. The molecule has 0 bridgehead atoms. The Labute approximate surface area is 148 Å². The van der Waals surface area contributed by atoms with Crippen molar-refractivity contribution in [2.75, 3.05) is 12.8 Å². The highest BCUT2D eigenvalue weighted by Crippen LogP contribution is 2.36. The number of carbonyl (C=O) groups is 1. The van der Waals surface area contributed by atoms with Crippen molar-refractivity contribution in [2.45, 2.75) is 10.1 Å². The highest BCUT2D eigenvalue weighted by Gasteiger charge is 2.11. The normalized spacial score (nSPS) is 10.5. The molecule has 1 heterocycles. The number of carbonyl (C=O) groups excluding carboxylic acids is 1. The second kappa shape index (κ2) is 7.51. The number of aromatic nitrogens is 1. The largest absolute Gasteiger partial charge is 0.465 e. The van der Waals surface area contributed by atoms with E-state index in [0.29, 0.717) is 5.56 Å². The predicted octanol–water partition coefficient (Wildman–Crippen LogP) is 4.47. The second-order valence-corrected chi connectivity index (χ2v) is 7.29. The van der Waals surface area contributed by atoms with Crippen molar-refractivity contribution in [3.63, 3.8) is 0 Å². The molecule has 0 amide bonds. The molecular weight excluding hydrogens is 340 g/mol. The number of methoxy groups -OCH3 is 1. The molecule has 122 valence electrons. The number of nitrogen functional groups attached to an aromatic ring is 1. The Morgan fingerprint density at radius 2 is 1.88 bits per heavy atom. The number of hydrogen-bond acceptors (Lipinski definition) is 6. The summed E-state index contributed by atoms with van der Waals surface area (Å²) in [5.74, 6) is 0.442. The average Bonchev–Trinajstić information content (AvgIpc) is 3.01. The summed E-state index contributed by atoms with van der Waals surface area (Å²) in [6.07, 6.45) is 0. The molecule has 2 N–H and O–H groups in total. The van der Waals surface area contributed by atoms with Crippen molar-refractivity contribution in [1.82, 2.24) is 4.98 Å². The van der Waals surface area contributed by atoms with Crippen molar-refractivity contribution in [3.8, 4) is 11.3 Å². The third-order valence-electron chi connectivity index (χ3n) is 3.42. The van der Waals surface area contributed by atoms with E-state index in [-0.39, 0.29) is 5.97 Å². The van der Waals surface area contributed by atoms with Crippen molar-refractivity contribution >= 4 is 34.1 Å². The van der Waals surface area contributed by atoms with Crippen molar-refractivity contribution in [2.24, 2.45) is 0 Å². The first kappa shape index (κ1) is 16.5. The van der Waals surface area contributed by atoms with Crippen molar-refractivity contribution < 1.29 is 9.53 Å². The fourth-order valence-electron chi connectivity index (χ4n) is 2.18. The van der Waals surface area contributed by atoms with Gasteiger partial charge in [0, 0.05) is 11.3 Å². The second-order valence-electron chi connectivity index (χ2n) is 5.04. The van der Waals surface area contributed by atoms with Crippen LogP contribution in [0, 0.1) is 0 Å². The van der Waals surface area contributed by atoms with Gasteiger partial charge in [0.15, 0.2) is 4.34 Å². The number of nitrogens with two attached hydrogens (primary N) is 1. The lowest BCUT2D eigenvalue weighted by Gasteiger charge is -2.02. The molecule has 3 rings (SSSR count). The third kappa shape index (κ3) is 3.77. The number of ether oxygens (including phenoxy) is 1. The molecule has 0 unspecified atom stereocenters. The Kier molecular flexibility index (Phi) is 5.17. The van der Waals surface area contributed by atoms with E-state index in [0.717, 1.165) is 31.9 Å². The van der Waals surface area contributed by atoms with Crippen LogP contribution in [0.4, 0.5) is 5.00 Å². The zero-order chi connectivity index (χ0) is 16.9. The number of thiazole rings is 1. The third-order valence-corrected chi connectivity index (χ3v) is 5.52. The van der Waals surface area contributed by atoms with Crippen LogP contribution in [-0.4, -0.2) is 18.1 Å². The van der Waals surface area contributed by atoms with Gasteiger partial charge in [0.2, 0.25) is 0 Å². The van der Waals surface area contributed by atoms with E-state index in [1.165, 1.54) is 18.4 Å². The number of rotatable bonds is 5. The minimum Gasteiger partial charge on any atom is -0.465 e. The van der Waals surface area contributed by atoms with Gasteiger partial charge in [-0.2, -0.15) is 0 Å². The van der Waals surface area contributed by atoms with E-state index in [1.807, 2.05) is 42.5 Å². The van der Waals surface area contributed by atoms with Gasteiger partial charge in [0.05, 0.1) is 12.7 Å². The predicted molar refractivity (Wildman–Crippen MR) is 99.3 cm³/mol. The van der Waals surface area contributed by atoms with Gasteiger partial charge in [0.25, 0.3) is 0 Å². The van der Waals surface area contributed by atoms with Gasteiger partial charge >= 0.3 is 5.97 Å². The van der Waals surface area contributed by atoms with Crippen LogP contribution in [0.2, 0.25) is 0 Å². The Morgan fingerprint density at radius 3 is 2.54 bits per heavy atom. The van der Waals surface area contributed by atoms with E-state index in [2.05, 4.69) is 4.98 Å². The van der Waals surface area contributed by atoms with E-state index >= 15 is 0 Å². The lowest BCUT2D eigenvalue weighted by molar-refractivity contribution is 0.0600. The first-order valence-corrected chi connectivity index (χ1v) is 9.09. The molecule has 2 aromatic carbocycles. The van der Waals surface area contributed by atoms with Crippen molar-refractivity contribution in [1.29, 1.82) is 0 Å². The van der Waals surface area contributed by atoms with E-state index in [4.69, 9.17) is 10.5 Å². The molecule has 3 aromatic rings. The average molecular weight is 356 g/mol. The maximum Gasteiger partial charge on any atom is 0.337 e. The summed E-state index contributed by atoms with van der Waals surface area (Å²) in [6.45, 7) is 0. The number of esters is 1. The summed E-state index contributed by atoms with van der Waals surface area (Å²) < 4.78 is 5.63. The molecule has 0 saturated carbocycles.